The maximum absolute atomic E-state index is 11.8. The summed E-state index contributed by atoms with van der Waals surface area (Å²) < 4.78 is 0. The summed E-state index contributed by atoms with van der Waals surface area (Å²) in [6.07, 6.45) is -0.576. The quantitative estimate of drug-likeness (QED) is 0.762. The predicted molar refractivity (Wildman–Crippen MR) is 74.1 cm³/mol. The number of hydrogen-bond acceptors (Lipinski definition) is 5. The lowest BCUT2D eigenvalue weighted by Gasteiger charge is -2.25. The van der Waals surface area contributed by atoms with Gasteiger partial charge in [-0.25, -0.2) is 4.98 Å². The molecule has 1 unspecified atom stereocenters. The van der Waals surface area contributed by atoms with Gasteiger partial charge in [0.25, 0.3) is 5.91 Å². The van der Waals surface area contributed by atoms with Crippen molar-refractivity contribution in [3.05, 3.63) is 11.1 Å². The highest BCUT2D eigenvalue weighted by Crippen LogP contribution is 2.18. The molecule has 0 saturated carbocycles. The number of anilines is 1. The highest BCUT2D eigenvalue weighted by atomic mass is 32.1. The van der Waals surface area contributed by atoms with Crippen LogP contribution in [0.25, 0.3) is 0 Å². The summed E-state index contributed by atoms with van der Waals surface area (Å²) in [4.78, 5) is 15.9. The third-order valence-corrected chi connectivity index (χ3v) is 3.32. The third kappa shape index (κ3) is 4.27. The van der Waals surface area contributed by atoms with Crippen molar-refractivity contribution in [1.82, 2.24) is 10.3 Å². The van der Waals surface area contributed by atoms with Crippen LogP contribution >= 0.6 is 11.3 Å². The summed E-state index contributed by atoms with van der Waals surface area (Å²) in [6, 6.07) is 0. The first kappa shape index (κ1) is 14.9. The molecule has 1 atom stereocenters. The van der Waals surface area contributed by atoms with E-state index in [-0.39, 0.29) is 17.9 Å². The van der Waals surface area contributed by atoms with Gasteiger partial charge >= 0.3 is 0 Å². The molecule has 3 N–H and O–H groups in total. The van der Waals surface area contributed by atoms with E-state index in [0.717, 1.165) is 11.7 Å². The summed E-state index contributed by atoms with van der Waals surface area (Å²) in [6.45, 7) is 8.76. The number of thiazole rings is 1. The topological polar surface area (TPSA) is 74.2 Å². The van der Waals surface area contributed by atoms with Gasteiger partial charge in [0.05, 0.1) is 6.10 Å². The van der Waals surface area contributed by atoms with Crippen LogP contribution in [0.5, 0.6) is 0 Å². The van der Waals surface area contributed by atoms with Gasteiger partial charge < -0.3 is 15.7 Å². The van der Waals surface area contributed by atoms with E-state index in [9.17, 15) is 9.90 Å². The number of nitrogens with zero attached hydrogens (tertiary/aromatic N) is 1. The number of nitrogens with one attached hydrogen (secondary N) is 2. The molecule has 0 aromatic carbocycles. The van der Waals surface area contributed by atoms with Gasteiger partial charge in [0.2, 0.25) is 0 Å². The molecule has 0 aliphatic rings. The molecule has 1 aromatic heterocycles. The fourth-order valence-corrected chi connectivity index (χ4v) is 1.96. The number of aliphatic hydroxyl groups excluding tert-OH is 1. The van der Waals surface area contributed by atoms with Gasteiger partial charge in [-0.15, -0.1) is 11.3 Å². The molecule has 0 aliphatic heterocycles. The Balaban J connectivity index is 2.50. The molecule has 1 amide bonds. The number of carbonyl (C=O) groups excluding carboxylic acids is 1. The van der Waals surface area contributed by atoms with E-state index in [1.807, 2.05) is 27.7 Å². The number of hydrogen-bond donors (Lipinski definition) is 3. The first-order chi connectivity index (χ1) is 8.34. The lowest BCUT2D eigenvalue weighted by molar-refractivity contribution is 0.0585. The Kier molecular flexibility index (Phi) is 5.10. The van der Waals surface area contributed by atoms with Crippen LogP contribution in [0.15, 0.2) is 5.38 Å². The number of carbonyl (C=O) groups is 1. The SMILES string of the molecule is CCNc1nc(C(=O)NCC(O)C(C)(C)C)cs1. The van der Waals surface area contributed by atoms with Crippen molar-refractivity contribution in [2.24, 2.45) is 5.41 Å². The maximum Gasteiger partial charge on any atom is 0.270 e. The van der Waals surface area contributed by atoms with E-state index in [1.165, 1.54) is 11.3 Å². The molecule has 1 heterocycles. The molecule has 1 rings (SSSR count). The molecule has 5 nitrogen and oxygen atoms in total. The van der Waals surface area contributed by atoms with E-state index in [4.69, 9.17) is 0 Å². The van der Waals surface area contributed by atoms with Crippen molar-refractivity contribution in [1.29, 1.82) is 0 Å². The van der Waals surface area contributed by atoms with E-state index in [0.29, 0.717) is 5.69 Å². The van der Waals surface area contributed by atoms with E-state index in [1.54, 1.807) is 5.38 Å². The maximum atomic E-state index is 11.8. The first-order valence-electron chi connectivity index (χ1n) is 6.00. The zero-order valence-electron chi connectivity index (χ0n) is 11.3. The van der Waals surface area contributed by atoms with Crippen molar-refractivity contribution >= 4 is 22.4 Å². The van der Waals surface area contributed by atoms with Crippen LogP contribution in [0.3, 0.4) is 0 Å². The molecule has 0 aliphatic carbocycles. The van der Waals surface area contributed by atoms with Gasteiger partial charge in [0, 0.05) is 18.5 Å². The summed E-state index contributed by atoms with van der Waals surface area (Å²) in [5, 5.41) is 18.0. The van der Waals surface area contributed by atoms with Crippen molar-refractivity contribution in [2.75, 3.05) is 18.4 Å². The van der Waals surface area contributed by atoms with Gasteiger partial charge in [-0.05, 0) is 12.3 Å². The minimum Gasteiger partial charge on any atom is -0.391 e. The van der Waals surface area contributed by atoms with Crippen LogP contribution in [0.1, 0.15) is 38.2 Å². The highest BCUT2D eigenvalue weighted by molar-refractivity contribution is 7.13. The Bertz CT molecular complexity index is 398. The molecule has 0 fully saturated rings. The highest BCUT2D eigenvalue weighted by Gasteiger charge is 2.23. The molecular weight excluding hydrogens is 250 g/mol. The van der Waals surface area contributed by atoms with Crippen LogP contribution in [-0.4, -0.2) is 35.2 Å². The molecule has 6 heteroatoms. The standard InChI is InChI=1S/C12H21N3O2S/c1-5-13-11-15-8(7-18-11)10(17)14-6-9(16)12(2,3)4/h7,9,16H,5-6H2,1-4H3,(H,13,15)(H,14,17). The molecule has 0 bridgehead atoms. The zero-order chi connectivity index (χ0) is 13.8. The Morgan fingerprint density at radius 2 is 2.22 bits per heavy atom. The Morgan fingerprint density at radius 3 is 2.78 bits per heavy atom. The van der Waals surface area contributed by atoms with Crippen molar-refractivity contribution < 1.29 is 9.90 Å². The van der Waals surface area contributed by atoms with Gasteiger partial charge in [0.15, 0.2) is 5.13 Å². The number of aliphatic hydroxyl groups is 1. The Hall–Kier alpha value is -1.14. The third-order valence-electron chi connectivity index (χ3n) is 2.52. The van der Waals surface area contributed by atoms with Crippen molar-refractivity contribution in [3.8, 4) is 0 Å². The largest absolute Gasteiger partial charge is 0.391 e. The van der Waals surface area contributed by atoms with Gasteiger partial charge in [-0.1, -0.05) is 20.8 Å². The van der Waals surface area contributed by atoms with E-state index >= 15 is 0 Å². The average Bonchev–Trinajstić information content (AvgIpc) is 2.73. The predicted octanol–water partition coefficient (Wildman–Crippen LogP) is 1.71. The monoisotopic (exact) mass is 271 g/mol. The summed E-state index contributed by atoms with van der Waals surface area (Å²) in [7, 11) is 0. The second kappa shape index (κ2) is 6.15. The minimum atomic E-state index is -0.576. The normalized spacial score (nSPS) is 13.2. The fourth-order valence-electron chi connectivity index (χ4n) is 1.20. The number of rotatable bonds is 5. The fraction of sp³-hybridized carbons (Fsp3) is 0.667. The minimum absolute atomic E-state index is 0.233. The molecular formula is C12H21N3O2S. The van der Waals surface area contributed by atoms with Crippen LogP contribution < -0.4 is 10.6 Å². The molecule has 0 saturated heterocycles. The second-order valence-corrected chi connectivity index (χ2v) is 6.02. The average molecular weight is 271 g/mol. The Morgan fingerprint density at radius 1 is 1.56 bits per heavy atom. The van der Waals surface area contributed by atoms with Crippen LogP contribution in [0.4, 0.5) is 5.13 Å². The molecule has 18 heavy (non-hydrogen) atoms. The number of amides is 1. The summed E-state index contributed by atoms with van der Waals surface area (Å²) >= 11 is 1.40. The second-order valence-electron chi connectivity index (χ2n) is 5.16. The Labute approximate surface area is 112 Å². The lowest BCUT2D eigenvalue weighted by atomic mass is 9.89. The molecule has 0 radical (unpaired) electrons. The van der Waals surface area contributed by atoms with E-state index < -0.39 is 6.10 Å². The zero-order valence-corrected chi connectivity index (χ0v) is 12.1. The smallest absolute Gasteiger partial charge is 0.270 e. The van der Waals surface area contributed by atoms with Crippen LogP contribution in [-0.2, 0) is 0 Å². The lowest BCUT2D eigenvalue weighted by Crippen LogP contribution is -2.39. The van der Waals surface area contributed by atoms with Gasteiger partial charge in [-0.3, -0.25) is 4.79 Å². The molecule has 1 aromatic rings. The first-order valence-corrected chi connectivity index (χ1v) is 6.88. The molecule has 0 spiro atoms. The van der Waals surface area contributed by atoms with Gasteiger partial charge in [-0.2, -0.15) is 0 Å². The van der Waals surface area contributed by atoms with Crippen molar-refractivity contribution in [2.45, 2.75) is 33.8 Å². The molecule has 102 valence electrons. The van der Waals surface area contributed by atoms with Crippen molar-refractivity contribution in [3.63, 3.8) is 0 Å². The van der Waals surface area contributed by atoms with Crippen LogP contribution in [0.2, 0.25) is 0 Å². The summed E-state index contributed by atoms with van der Waals surface area (Å²) in [5.41, 5.74) is 0.140. The van der Waals surface area contributed by atoms with Gasteiger partial charge in [0.1, 0.15) is 5.69 Å². The van der Waals surface area contributed by atoms with E-state index in [2.05, 4.69) is 15.6 Å². The number of aromatic nitrogens is 1. The van der Waals surface area contributed by atoms with Crippen LogP contribution in [0, 0.1) is 5.41 Å². The summed E-state index contributed by atoms with van der Waals surface area (Å²) in [5.74, 6) is -0.251.